The Morgan fingerprint density at radius 1 is 0.583 bits per heavy atom. The molecular weight excluding hydrogens is 310 g/mol. The summed E-state index contributed by atoms with van der Waals surface area (Å²) < 4.78 is 0. The SMILES string of the molecule is [B-][PH+](c1ccc(N2CCCC2)cc1)c1ccc(N2CCCC2)cc1. The molecule has 2 aromatic rings. The van der Waals surface area contributed by atoms with Crippen molar-refractivity contribution in [3.05, 3.63) is 48.5 Å². The van der Waals surface area contributed by atoms with Gasteiger partial charge in [0.05, 0.1) is 0 Å². The van der Waals surface area contributed by atoms with Gasteiger partial charge in [0.15, 0.2) is 0 Å². The van der Waals surface area contributed by atoms with Crippen LogP contribution >= 0.6 is 7.80 Å². The van der Waals surface area contributed by atoms with Crippen LogP contribution in [0, 0.1) is 0 Å². The van der Waals surface area contributed by atoms with Crippen molar-refractivity contribution in [3.8, 4) is 0 Å². The minimum atomic E-state index is -1.16. The highest BCUT2D eigenvalue weighted by atomic mass is 31.1. The number of rotatable bonds is 4. The van der Waals surface area contributed by atoms with E-state index in [0.717, 1.165) is 0 Å². The summed E-state index contributed by atoms with van der Waals surface area (Å²) in [6.07, 6.45) is 5.27. The maximum atomic E-state index is 6.60. The zero-order valence-corrected chi connectivity index (χ0v) is 15.2. The predicted molar refractivity (Wildman–Crippen MR) is 109 cm³/mol. The van der Waals surface area contributed by atoms with Gasteiger partial charge in [0, 0.05) is 48.2 Å². The fourth-order valence-electron chi connectivity index (χ4n) is 3.82. The van der Waals surface area contributed by atoms with E-state index in [9.17, 15) is 0 Å². The Morgan fingerprint density at radius 3 is 1.25 bits per heavy atom. The molecule has 0 aliphatic carbocycles. The van der Waals surface area contributed by atoms with Gasteiger partial charge in [-0.3, -0.25) is 7.57 Å². The van der Waals surface area contributed by atoms with E-state index in [-0.39, 0.29) is 0 Å². The van der Waals surface area contributed by atoms with E-state index in [1.165, 1.54) is 73.8 Å². The largest absolute Gasteiger partial charge is 0.372 e. The molecule has 2 nitrogen and oxygen atoms in total. The fourth-order valence-corrected chi connectivity index (χ4v) is 5.21. The summed E-state index contributed by atoms with van der Waals surface area (Å²) in [7, 11) is 5.44. The summed E-state index contributed by atoms with van der Waals surface area (Å²) >= 11 is 0. The molecule has 4 heteroatoms. The van der Waals surface area contributed by atoms with Crippen LogP contribution in [0.2, 0.25) is 0 Å². The molecule has 0 unspecified atom stereocenters. The highest BCUT2D eigenvalue weighted by Gasteiger charge is 2.14. The van der Waals surface area contributed by atoms with Crippen LogP contribution in [-0.2, 0) is 0 Å². The third-order valence-electron chi connectivity index (χ3n) is 5.30. The minimum Gasteiger partial charge on any atom is -0.372 e. The molecule has 0 aromatic heterocycles. The van der Waals surface area contributed by atoms with E-state index in [2.05, 4.69) is 58.3 Å². The van der Waals surface area contributed by atoms with E-state index in [0.29, 0.717) is 0 Å². The predicted octanol–water partition coefficient (Wildman–Crippen LogP) is 3.14. The van der Waals surface area contributed by atoms with Gasteiger partial charge < -0.3 is 9.80 Å². The lowest BCUT2D eigenvalue weighted by molar-refractivity contribution is 0.949. The zero-order chi connectivity index (χ0) is 16.4. The first-order valence-electron chi connectivity index (χ1n) is 9.14. The first-order chi connectivity index (χ1) is 11.8. The topological polar surface area (TPSA) is 6.48 Å². The Balaban J connectivity index is 1.47. The molecule has 24 heavy (non-hydrogen) atoms. The van der Waals surface area contributed by atoms with Gasteiger partial charge in [0.2, 0.25) is 0 Å². The second-order valence-corrected chi connectivity index (χ2v) is 8.88. The number of nitrogens with zero attached hydrogens (tertiary/aromatic N) is 2. The number of hydrogen-bond donors (Lipinski definition) is 0. The van der Waals surface area contributed by atoms with E-state index < -0.39 is 7.80 Å². The lowest BCUT2D eigenvalue weighted by Gasteiger charge is -2.22. The first kappa shape index (κ1) is 16.0. The van der Waals surface area contributed by atoms with Crippen molar-refractivity contribution < 1.29 is 0 Å². The molecule has 0 spiro atoms. The highest BCUT2D eigenvalue weighted by molar-refractivity contribution is 7.94. The maximum Gasteiger partial charge on any atom is 0.0445 e. The van der Waals surface area contributed by atoms with Crippen LogP contribution in [0.1, 0.15) is 25.7 Å². The van der Waals surface area contributed by atoms with Gasteiger partial charge in [-0.05, 0) is 74.2 Å². The minimum absolute atomic E-state index is 1.16. The van der Waals surface area contributed by atoms with Crippen molar-refractivity contribution in [3.63, 3.8) is 0 Å². The Bertz CT molecular complexity index is 600. The Kier molecular flexibility index (Phi) is 4.80. The van der Waals surface area contributed by atoms with Crippen LogP contribution in [0.15, 0.2) is 48.5 Å². The molecule has 0 amide bonds. The van der Waals surface area contributed by atoms with Crippen molar-refractivity contribution in [2.75, 3.05) is 36.0 Å². The molecule has 0 atom stereocenters. The van der Waals surface area contributed by atoms with E-state index in [1.807, 2.05) is 0 Å². The fraction of sp³-hybridized carbons (Fsp3) is 0.400. The van der Waals surface area contributed by atoms with Crippen molar-refractivity contribution in [2.24, 2.45) is 0 Å². The van der Waals surface area contributed by atoms with Gasteiger partial charge >= 0.3 is 0 Å². The van der Waals surface area contributed by atoms with Crippen molar-refractivity contribution >= 4 is 37.3 Å². The molecule has 2 saturated heterocycles. The van der Waals surface area contributed by atoms with Crippen molar-refractivity contribution in [2.45, 2.75) is 25.7 Å². The highest BCUT2D eigenvalue weighted by Crippen LogP contribution is 2.30. The third kappa shape index (κ3) is 3.33. The normalized spacial score (nSPS) is 17.9. The maximum absolute atomic E-state index is 6.60. The summed E-state index contributed by atoms with van der Waals surface area (Å²) in [6, 6.07) is 17.9. The Hall–Kier alpha value is -1.47. The number of hydrogen-bond acceptors (Lipinski definition) is 2. The van der Waals surface area contributed by atoms with E-state index >= 15 is 0 Å². The number of benzene rings is 2. The summed E-state index contributed by atoms with van der Waals surface area (Å²) in [6.45, 7) is 4.77. The van der Waals surface area contributed by atoms with Gasteiger partial charge in [-0.2, -0.15) is 7.80 Å². The summed E-state index contributed by atoms with van der Waals surface area (Å²) in [5.41, 5.74) is 2.69. The van der Waals surface area contributed by atoms with Crippen molar-refractivity contribution in [1.29, 1.82) is 0 Å². The molecule has 123 valence electrons. The monoisotopic (exact) mass is 335 g/mol. The van der Waals surface area contributed by atoms with Gasteiger partial charge in [0.1, 0.15) is 0 Å². The van der Waals surface area contributed by atoms with Gasteiger partial charge in [-0.15, -0.1) is 0 Å². The first-order valence-corrected chi connectivity index (χ1v) is 10.7. The van der Waals surface area contributed by atoms with E-state index in [1.54, 1.807) is 0 Å². The molecular formula is C20H25BN2P. The van der Waals surface area contributed by atoms with Crippen LogP contribution < -0.4 is 20.4 Å². The summed E-state index contributed by atoms with van der Waals surface area (Å²) in [5.74, 6) is 0. The van der Waals surface area contributed by atoms with Crippen LogP contribution in [0.4, 0.5) is 11.4 Å². The molecule has 0 N–H and O–H groups in total. The summed E-state index contributed by atoms with van der Waals surface area (Å²) in [4.78, 5) is 4.94. The molecule has 2 aromatic carbocycles. The number of anilines is 2. The Morgan fingerprint density at radius 2 is 0.917 bits per heavy atom. The zero-order valence-electron chi connectivity index (χ0n) is 14.2. The van der Waals surface area contributed by atoms with E-state index in [4.69, 9.17) is 7.57 Å². The second-order valence-electron chi connectivity index (χ2n) is 6.90. The second kappa shape index (κ2) is 7.19. The molecule has 0 saturated carbocycles. The smallest absolute Gasteiger partial charge is 0.0445 e. The van der Waals surface area contributed by atoms with Gasteiger partial charge in [0.25, 0.3) is 0 Å². The Labute approximate surface area is 148 Å². The van der Waals surface area contributed by atoms with Gasteiger partial charge in [-0.1, -0.05) is 0 Å². The van der Waals surface area contributed by atoms with Crippen molar-refractivity contribution in [1.82, 2.24) is 0 Å². The van der Waals surface area contributed by atoms with Crippen LogP contribution in [0.5, 0.6) is 0 Å². The summed E-state index contributed by atoms with van der Waals surface area (Å²) in [5, 5.41) is 2.58. The third-order valence-corrected chi connectivity index (χ3v) is 7.21. The van der Waals surface area contributed by atoms with Crippen LogP contribution in [0.25, 0.3) is 0 Å². The molecule has 2 fully saturated rings. The molecule has 4 rings (SSSR count). The lowest BCUT2D eigenvalue weighted by atomic mass is 10.3. The van der Waals surface area contributed by atoms with Crippen LogP contribution in [-0.4, -0.2) is 33.7 Å². The van der Waals surface area contributed by atoms with Gasteiger partial charge in [-0.25, -0.2) is 0 Å². The molecule has 2 heterocycles. The molecule has 2 aliphatic rings. The molecule has 3 radical (unpaired) electrons. The molecule has 2 aliphatic heterocycles. The van der Waals surface area contributed by atoms with Crippen LogP contribution in [0.3, 0.4) is 0 Å². The standard InChI is InChI=1S/C20H25BN2P/c21-24(19-9-5-17(6-10-19)22-13-1-2-14-22)20-11-7-18(8-12-20)23-15-3-4-16-23/h5-12,24H,1-4,13-16H2. The lowest BCUT2D eigenvalue weighted by Crippen LogP contribution is -2.19. The molecule has 0 bridgehead atoms. The average Bonchev–Trinajstić information content (AvgIpc) is 3.35. The average molecular weight is 335 g/mol. The quantitative estimate of drug-likeness (QED) is 0.626.